The summed E-state index contributed by atoms with van der Waals surface area (Å²) in [5.41, 5.74) is 0.656. The maximum Gasteiger partial charge on any atom is 0.319 e. The van der Waals surface area contributed by atoms with Gasteiger partial charge >= 0.3 is 6.03 Å². The molecule has 56 heavy (non-hydrogen) atoms. The van der Waals surface area contributed by atoms with Crippen molar-refractivity contribution >= 4 is 47.0 Å². The molecule has 7 amide bonds. The molecular weight excluding hydrogens is 715 g/mol. The molecule has 2 fully saturated rings. The van der Waals surface area contributed by atoms with Gasteiger partial charge in [0.25, 0.3) is 5.91 Å². The Hall–Kier alpha value is -5.71. The average molecular weight is 770 g/mol. The molecule has 2 aromatic carbocycles. The number of unbranched alkanes of at least 4 members (excludes halogenated alkanes) is 1. The second-order valence-electron chi connectivity index (χ2n) is 16.4. The van der Waals surface area contributed by atoms with Gasteiger partial charge in [-0.2, -0.15) is 0 Å². The molecule has 6 atom stereocenters. The largest absolute Gasteiger partial charge is 0.347 e. The minimum absolute atomic E-state index is 0.0111. The maximum atomic E-state index is 14.3. The molecule has 0 radical (unpaired) electrons. The van der Waals surface area contributed by atoms with Gasteiger partial charge < -0.3 is 36.4 Å². The number of anilines is 1. The first-order chi connectivity index (χ1) is 26.3. The highest BCUT2D eigenvalue weighted by atomic mass is 16.2. The van der Waals surface area contributed by atoms with Crippen LogP contribution in [0.25, 0.3) is 0 Å². The van der Waals surface area contributed by atoms with E-state index < -0.39 is 71.6 Å². The fourth-order valence-electron chi connectivity index (χ4n) is 7.32. The van der Waals surface area contributed by atoms with Crippen LogP contribution in [0.2, 0.25) is 0 Å². The number of rotatable bonds is 15. The van der Waals surface area contributed by atoms with Gasteiger partial charge in [-0.25, -0.2) is 4.79 Å². The molecule has 1 heterocycles. The molecule has 0 spiro atoms. The van der Waals surface area contributed by atoms with E-state index in [4.69, 9.17) is 6.42 Å². The Morgan fingerprint density at radius 1 is 0.946 bits per heavy atom. The predicted molar refractivity (Wildman–Crippen MR) is 212 cm³/mol. The van der Waals surface area contributed by atoms with E-state index in [-0.39, 0.29) is 36.1 Å². The van der Waals surface area contributed by atoms with Crippen molar-refractivity contribution in [3.8, 4) is 12.3 Å². The van der Waals surface area contributed by atoms with Crippen LogP contribution in [0.15, 0.2) is 54.6 Å². The van der Waals surface area contributed by atoms with E-state index >= 15 is 0 Å². The van der Waals surface area contributed by atoms with Crippen LogP contribution in [0.1, 0.15) is 78.0 Å². The Balaban J connectivity index is 1.46. The van der Waals surface area contributed by atoms with Gasteiger partial charge in [-0.05, 0) is 58.9 Å². The minimum atomic E-state index is -1.22. The Bertz CT molecular complexity index is 1850. The van der Waals surface area contributed by atoms with Gasteiger partial charge in [0, 0.05) is 31.9 Å². The highest BCUT2D eigenvalue weighted by molar-refractivity contribution is 6.38. The van der Waals surface area contributed by atoms with Crippen LogP contribution in [0.5, 0.6) is 0 Å². The molecule has 2 aliphatic rings. The Morgan fingerprint density at radius 2 is 1.59 bits per heavy atom. The zero-order valence-corrected chi connectivity index (χ0v) is 33.5. The van der Waals surface area contributed by atoms with Crippen molar-refractivity contribution in [2.75, 3.05) is 32.5 Å². The fourth-order valence-corrected chi connectivity index (χ4v) is 7.32. The zero-order valence-electron chi connectivity index (χ0n) is 33.5. The standard InChI is InChI=1S/C42H55N7O7/c1-10-12-18-29(34(51)37(53)43-23-30(50)46-32(38(54)48(8)9)26-16-14-13-15-17-26)45-36(52)33-31-28(42(31,6)7)24-49(33)39(55)35(41(3,4)5)47-40(56)44-27-21-19-25(11-2)20-22-27/h2,13-17,19-22,28-29,31-33,35H,10,12,18,23-24H2,1,3-9H3,(H,43,53)(H,45,52)(H,46,50)(H2,44,47,56)/t28-,29?,31?,32-,33-,35+/m0/s1. The van der Waals surface area contributed by atoms with Gasteiger partial charge in [0.15, 0.2) is 0 Å². The van der Waals surface area contributed by atoms with Crippen molar-refractivity contribution in [2.45, 2.75) is 85.0 Å². The Kier molecular flexibility index (Phi) is 13.7. The second kappa shape index (κ2) is 17.8. The lowest BCUT2D eigenvalue weighted by molar-refractivity contribution is -0.145. The van der Waals surface area contributed by atoms with Crippen molar-refractivity contribution in [3.05, 3.63) is 65.7 Å². The van der Waals surface area contributed by atoms with Gasteiger partial charge in [0.2, 0.25) is 29.4 Å². The molecule has 0 bridgehead atoms. The number of hydrogen-bond acceptors (Lipinski definition) is 7. The first kappa shape index (κ1) is 43.0. The van der Waals surface area contributed by atoms with E-state index in [1.807, 2.05) is 41.5 Å². The van der Waals surface area contributed by atoms with Crippen LogP contribution in [0, 0.1) is 35.0 Å². The van der Waals surface area contributed by atoms with Crippen molar-refractivity contribution in [2.24, 2.45) is 22.7 Å². The van der Waals surface area contributed by atoms with Crippen LogP contribution in [0.3, 0.4) is 0 Å². The molecule has 14 heteroatoms. The van der Waals surface area contributed by atoms with E-state index in [9.17, 15) is 33.6 Å². The van der Waals surface area contributed by atoms with E-state index in [1.54, 1.807) is 68.7 Å². The van der Waals surface area contributed by atoms with Gasteiger partial charge in [0.05, 0.1) is 12.6 Å². The third-order valence-electron chi connectivity index (χ3n) is 10.7. The molecule has 4 rings (SSSR count). The number of nitrogens with zero attached hydrogens (tertiary/aromatic N) is 2. The molecule has 1 saturated carbocycles. The predicted octanol–water partition coefficient (Wildman–Crippen LogP) is 2.99. The number of likely N-dealkylation sites (tertiary alicyclic amines) is 1. The van der Waals surface area contributed by atoms with E-state index in [0.29, 0.717) is 29.7 Å². The molecule has 1 aliphatic carbocycles. The first-order valence-electron chi connectivity index (χ1n) is 18.9. The van der Waals surface area contributed by atoms with Gasteiger partial charge in [-0.15, -0.1) is 6.42 Å². The summed E-state index contributed by atoms with van der Waals surface area (Å²) >= 11 is 0. The molecule has 2 aromatic rings. The monoisotopic (exact) mass is 769 g/mol. The molecule has 2 unspecified atom stereocenters. The van der Waals surface area contributed by atoms with Crippen molar-refractivity contribution in [1.29, 1.82) is 0 Å². The molecule has 300 valence electrons. The summed E-state index contributed by atoms with van der Waals surface area (Å²) in [6.45, 7) is 11.1. The SMILES string of the molecule is C#Cc1ccc(NC(=O)N[C@H](C(=O)N2C[C@H]3C([C@H]2C(=O)NC(CCCC)C(=O)C(=O)NCC(=O)N[C@H](C(=O)N(C)C)c2ccccc2)C3(C)C)C(C)(C)C)cc1. The molecule has 5 N–H and O–H groups in total. The van der Waals surface area contributed by atoms with Crippen LogP contribution < -0.4 is 26.6 Å². The summed E-state index contributed by atoms with van der Waals surface area (Å²) in [5.74, 6) is -1.78. The van der Waals surface area contributed by atoms with Crippen molar-refractivity contribution in [3.63, 3.8) is 0 Å². The third kappa shape index (κ3) is 10.1. The van der Waals surface area contributed by atoms with Crippen LogP contribution in [0.4, 0.5) is 10.5 Å². The van der Waals surface area contributed by atoms with E-state index in [2.05, 4.69) is 32.5 Å². The number of piperidine rings is 1. The minimum Gasteiger partial charge on any atom is -0.347 e. The van der Waals surface area contributed by atoms with Crippen LogP contribution in [-0.4, -0.2) is 96.5 Å². The smallest absolute Gasteiger partial charge is 0.319 e. The number of carbonyl (C=O) groups excluding carboxylic acids is 7. The molecular formula is C42H55N7O7. The number of nitrogens with one attached hydrogen (secondary N) is 5. The maximum absolute atomic E-state index is 14.3. The van der Waals surface area contributed by atoms with Crippen molar-refractivity contribution in [1.82, 2.24) is 31.1 Å². The highest BCUT2D eigenvalue weighted by Crippen LogP contribution is 2.65. The van der Waals surface area contributed by atoms with E-state index in [1.165, 1.54) is 9.80 Å². The summed E-state index contributed by atoms with van der Waals surface area (Å²) in [6, 6.07) is 10.5. The number of urea groups is 1. The Labute approximate surface area is 329 Å². The summed E-state index contributed by atoms with van der Waals surface area (Å²) in [6.07, 6.45) is 6.77. The first-order valence-corrected chi connectivity index (χ1v) is 18.9. The second-order valence-corrected chi connectivity index (χ2v) is 16.4. The summed E-state index contributed by atoms with van der Waals surface area (Å²) in [5, 5.41) is 13.3. The third-order valence-corrected chi connectivity index (χ3v) is 10.7. The number of Topliss-reactive ketones (excluding diaryl/α,β-unsaturated/α-hetero) is 1. The summed E-state index contributed by atoms with van der Waals surface area (Å²) < 4.78 is 0. The van der Waals surface area contributed by atoms with Gasteiger partial charge in [-0.3, -0.25) is 28.8 Å². The highest BCUT2D eigenvalue weighted by Gasteiger charge is 2.70. The molecule has 0 aromatic heterocycles. The fraction of sp³-hybridized carbons (Fsp3) is 0.500. The average Bonchev–Trinajstić information content (AvgIpc) is 3.45. The number of benzene rings is 2. The lowest BCUT2D eigenvalue weighted by atomic mass is 9.85. The number of fused-ring (bicyclic) bond motifs is 1. The Morgan fingerprint density at radius 3 is 2.16 bits per heavy atom. The normalized spacial score (nSPS) is 19.5. The lowest BCUT2D eigenvalue weighted by Crippen LogP contribution is -2.61. The van der Waals surface area contributed by atoms with Gasteiger partial charge in [-0.1, -0.05) is 90.6 Å². The van der Waals surface area contributed by atoms with Crippen LogP contribution in [-0.2, 0) is 28.8 Å². The number of amides is 7. The lowest BCUT2D eigenvalue weighted by Gasteiger charge is -2.38. The quantitative estimate of drug-likeness (QED) is 0.136. The van der Waals surface area contributed by atoms with E-state index in [0.717, 1.165) is 0 Å². The summed E-state index contributed by atoms with van der Waals surface area (Å²) in [4.78, 5) is 97.1. The van der Waals surface area contributed by atoms with Gasteiger partial charge in [0.1, 0.15) is 18.1 Å². The number of carbonyl (C=O) groups is 7. The van der Waals surface area contributed by atoms with Crippen molar-refractivity contribution < 1.29 is 33.6 Å². The molecule has 14 nitrogen and oxygen atoms in total. The molecule has 1 saturated heterocycles. The number of likely N-dealkylation sites (N-methyl/N-ethyl adjacent to an activating group) is 1. The zero-order chi connectivity index (χ0) is 41.5. The van der Waals surface area contributed by atoms with Crippen LogP contribution >= 0.6 is 0 Å². The summed E-state index contributed by atoms with van der Waals surface area (Å²) in [7, 11) is 3.12. The number of ketones is 1. The molecule has 1 aliphatic heterocycles. The number of hydrogen-bond donors (Lipinski definition) is 5. The number of terminal acetylenes is 1. The topological polar surface area (TPSA) is 186 Å².